The maximum absolute atomic E-state index is 11.1. The zero-order chi connectivity index (χ0) is 15.1. The van der Waals surface area contributed by atoms with E-state index in [0.717, 1.165) is 23.2 Å². The van der Waals surface area contributed by atoms with Crippen LogP contribution >= 0.6 is 0 Å². The molecule has 110 valence electrons. The zero-order valence-electron chi connectivity index (χ0n) is 11.9. The van der Waals surface area contributed by atoms with Gasteiger partial charge in [0.25, 0.3) is 0 Å². The van der Waals surface area contributed by atoms with Gasteiger partial charge in [-0.15, -0.1) is 0 Å². The molecule has 0 saturated carbocycles. The van der Waals surface area contributed by atoms with Crippen molar-refractivity contribution in [2.75, 3.05) is 5.32 Å². The van der Waals surface area contributed by atoms with E-state index in [2.05, 4.69) is 28.5 Å². The number of aromatic nitrogens is 1. The molecule has 2 aliphatic rings. The minimum Gasteiger partial charge on any atom is -0.545 e. The number of rotatable bonds is 2. The van der Waals surface area contributed by atoms with Gasteiger partial charge in [-0.2, -0.15) is 0 Å². The third-order valence-electron chi connectivity index (χ3n) is 4.64. The van der Waals surface area contributed by atoms with Crippen LogP contribution in [0, 0.1) is 5.92 Å². The minimum absolute atomic E-state index is 0.190. The Kier molecular flexibility index (Phi) is 2.96. The number of benzene rings is 1. The molecule has 22 heavy (non-hydrogen) atoms. The SMILES string of the molecule is O=C([O-])c1ccc2c(c1)[C@H]1C=CC[C@H]1[C@@H](c1cccnc1)N2. The van der Waals surface area contributed by atoms with E-state index in [1.807, 2.05) is 18.3 Å². The Hall–Kier alpha value is -2.62. The van der Waals surface area contributed by atoms with Crippen LogP contribution in [0.1, 0.15) is 39.9 Å². The van der Waals surface area contributed by atoms with Crippen LogP contribution in [0.2, 0.25) is 0 Å². The van der Waals surface area contributed by atoms with Gasteiger partial charge >= 0.3 is 0 Å². The fourth-order valence-electron chi connectivity index (χ4n) is 3.61. The number of hydrogen-bond donors (Lipinski definition) is 1. The monoisotopic (exact) mass is 291 g/mol. The predicted molar refractivity (Wildman–Crippen MR) is 81.4 cm³/mol. The number of allylic oxidation sites excluding steroid dienone is 2. The zero-order valence-corrected chi connectivity index (χ0v) is 11.9. The van der Waals surface area contributed by atoms with Crippen LogP contribution < -0.4 is 10.4 Å². The summed E-state index contributed by atoms with van der Waals surface area (Å²) in [6.45, 7) is 0. The lowest BCUT2D eigenvalue weighted by Crippen LogP contribution is -2.30. The molecule has 4 nitrogen and oxygen atoms in total. The van der Waals surface area contributed by atoms with E-state index >= 15 is 0 Å². The molecule has 0 bridgehead atoms. The predicted octanol–water partition coefficient (Wildman–Crippen LogP) is 2.27. The molecule has 4 rings (SSSR count). The van der Waals surface area contributed by atoms with E-state index in [0.29, 0.717) is 5.92 Å². The number of anilines is 1. The first kappa shape index (κ1) is 13.1. The highest BCUT2D eigenvalue weighted by atomic mass is 16.4. The molecule has 3 atom stereocenters. The Balaban J connectivity index is 1.79. The van der Waals surface area contributed by atoms with Gasteiger partial charge in [-0.05, 0) is 47.2 Å². The highest BCUT2D eigenvalue weighted by Crippen LogP contribution is 2.49. The number of carbonyl (C=O) groups excluding carboxylic acids is 1. The first-order valence-electron chi connectivity index (χ1n) is 7.42. The number of aromatic carboxylic acids is 1. The minimum atomic E-state index is -1.13. The molecule has 2 aromatic rings. The van der Waals surface area contributed by atoms with Crippen molar-refractivity contribution < 1.29 is 9.90 Å². The number of nitrogens with zero attached hydrogens (tertiary/aromatic N) is 1. The molecule has 1 aromatic carbocycles. The van der Waals surface area contributed by atoms with Gasteiger partial charge in [0, 0.05) is 24.0 Å². The highest BCUT2D eigenvalue weighted by molar-refractivity contribution is 5.87. The second-order valence-electron chi connectivity index (χ2n) is 5.85. The van der Waals surface area contributed by atoms with E-state index < -0.39 is 5.97 Å². The Bertz CT molecular complexity index is 755. The molecule has 1 aromatic heterocycles. The van der Waals surface area contributed by atoms with Gasteiger partial charge in [-0.25, -0.2) is 0 Å². The quantitative estimate of drug-likeness (QED) is 0.862. The molecule has 0 amide bonds. The molecule has 0 unspecified atom stereocenters. The second kappa shape index (κ2) is 4.98. The Morgan fingerprint density at radius 1 is 1.32 bits per heavy atom. The van der Waals surface area contributed by atoms with Crippen LogP contribution in [0.15, 0.2) is 54.9 Å². The summed E-state index contributed by atoms with van der Waals surface area (Å²) >= 11 is 0. The van der Waals surface area contributed by atoms with Crippen molar-refractivity contribution >= 4 is 11.7 Å². The van der Waals surface area contributed by atoms with Crippen LogP contribution in [-0.2, 0) is 0 Å². The van der Waals surface area contributed by atoms with Crippen molar-refractivity contribution in [1.29, 1.82) is 0 Å². The summed E-state index contributed by atoms with van der Waals surface area (Å²) in [6.07, 6.45) is 9.02. The lowest BCUT2D eigenvalue weighted by molar-refractivity contribution is -0.255. The van der Waals surface area contributed by atoms with E-state index in [-0.39, 0.29) is 17.5 Å². The molecule has 0 radical (unpaired) electrons. The normalized spacial score (nSPS) is 25.2. The second-order valence-corrected chi connectivity index (χ2v) is 5.85. The van der Waals surface area contributed by atoms with Gasteiger partial charge in [0.2, 0.25) is 0 Å². The lowest BCUT2D eigenvalue weighted by Gasteiger charge is -2.37. The third-order valence-corrected chi connectivity index (χ3v) is 4.64. The van der Waals surface area contributed by atoms with Gasteiger partial charge in [0.05, 0.1) is 12.0 Å². The molecule has 0 saturated heterocycles. The summed E-state index contributed by atoms with van der Waals surface area (Å²) in [5.41, 5.74) is 3.43. The summed E-state index contributed by atoms with van der Waals surface area (Å²) in [6, 6.07) is 9.40. The standard InChI is InChI=1S/C18H16N2O2/c21-18(22)11-6-7-16-15(9-11)13-4-1-5-14(13)17(20-16)12-3-2-8-19-10-12/h1-4,6-10,13-14,17,20H,5H2,(H,21,22)/p-1/t13-,14+,17+/m0/s1. The molecule has 0 fully saturated rings. The summed E-state index contributed by atoms with van der Waals surface area (Å²) < 4.78 is 0. The van der Waals surface area contributed by atoms with Crippen LogP contribution in [-0.4, -0.2) is 11.0 Å². The van der Waals surface area contributed by atoms with Gasteiger partial charge < -0.3 is 15.2 Å². The number of pyridine rings is 1. The molecule has 1 aliphatic carbocycles. The van der Waals surface area contributed by atoms with Crippen LogP contribution in [0.3, 0.4) is 0 Å². The van der Waals surface area contributed by atoms with E-state index in [9.17, 15) is 9.90 Å². The Morgan fingerprint density at radius 3 is 3.00 bits per heavy atom. The van der Waals surface area contributed by atoms with Crippen LogP contribution in [0.5, 0.6) is 0 Å². The maximum Gasteiger partial charge on any atom is 0.0715 e. The molecule has 2 heterocycles. The number of carboxylic acids is 1. The van der Waals surface area contributed by atoms with Gasteiger partial charge in [0.15, 0.2) is 0 Å². The summed E-state index contributed by atoms with van der Waals surface area (Å²) in [4.78, 5) is 15.3. The van der Waals surface area contributed by atoms with Gasteiger partial charge in [-0.1, -0.05) is 24.3 Å². The number of nitrogens with one attached hydrogen (secondary N) is 1. The van der Waals surface area contributed by atoms with Crippen molar-refractivity contribution in [3.8, 4) is 0 Å². The van der Waals surface area contributed by atoms with Gasteiger partial charge in [0.1, 0.15) is 0 Å². The summed E-state index contributed by atoms with van der Waals surface area (Å²) in [5.74, 6) is -0.509. The molecular weight excluding hydrogens is 276 g/mol. The number of carbonyl (C=O) groups is 1. The fourth-order valence-corrected chi connectivity index (χ4v) is 3.61. The summed E-state index contributed by atoms with van der Waals surface area (Å²) in [5, 5.41) is 14.7. The Labute approximate surface area is 128 Å². The average Bonchev–Trinajstić information content (AvgIpc) is 3.04. The Morgan fingerprint density at radius 2 is 2.23 bits per heavy atom. The largest absolute Gasteiger partial charge is 0.545 e. The number of carboxylic acid groups (broad SMARTS) is 1. The highest BCUT2D eigenvalue weighted by Gasteiger charge is 2.37. The number of hydrogen-bond acceptors (Lipinski definition) is 4. The van der Waals surface area contributed by atoms with E-state index in [1.54, 1.807) is 18.3 Å². The maximum atomic E-state index is 11.1. The van der Waals surface area contributed by atoms with E-state index in [4.69, 9.17) is 0 Å². The molecule has 0 spiro atoms. The van der Waals surface area contributed by atoms with Gasteiger partial charge in [-0.3, -0.25) is 4.98 Å². The number of fused-ring (bicyclic) bond motifs is 3. The van der Waals surface area contributed by atoms with Crippen molar-refractivity contribution in [3.63, 3.8) is 0 Å². The van der Waals surface area contributed by atoms with Crippen molar-refractivity contribution in [2.45, 2.75) is 18.4 Å². The summed E-state index contributed by atoms with van der Waals surface area (Å²) in [7, 11) is 0. The molecule has 1 aliphatic heterocycles. The topological polar surface area (TPSA) is 65.0 Å². The third kappa shape index (κ3) is 1.99. The molecule has 4 heteroatoms. The van der Waals surface area contributed by atoms with E-state index in [1.165, 1.54) is 0 Å². The van der Waals surface area contributed by atoms with Crippen LogP contribution in [0.25, 0.3) is 0 Å². The van der Waals surface area contributed by atoms with Crippen molar-refractivity contribution in [3.05, 3.63) is 71.6 Å². The lowest BCUT2D eigenvalue weighted by atomic mass is 9.77. The fraction of sp³-hybridized carbons (Fsp3) is 0.222. The average molecular weight is 291 g/mol. The molecular formula is C18H15N2O2-. The smallest absolute Gasteiger partial charge is 0.0715 e. The molecule has 1 N–H and O–H groups in total. The van der Waals surface area contributed by atoms with Crippen molar-refractivity contribution in [1.82, 2.24) is 4.98 Å². The van der Waals surface area contributed by atoms with Crippen LogP contribution in [0.4, 0.5) is 5.69 Å². The first-order valence-corrected chi connectivity index (χ1v) is 7.42. The first-order chi connectivity index (χ1) is 10.7. The van der Waals surface area contributed by atoms with Crippen molar-refractivity contribution in [2.24, 2.45) is 5.92 Å².